The van der Waals surface area contributed by atoms with Crippen LogP contribution in [0.15, 0.2) is 23.9 Å². The zero-order chi connectivity index (χ0) is 16.8. The number of aromatic nitrogens is 1. The number of ether oxygens (including phenoxy) is 2. The van der Waals surface area contributed by atoms with Crippen LogP contribution < -0.4 is 14.8 Å². The molecule has 1 aliphatic rings. The van der Waals surface area contributed by atoms with Crippen LogP contribution in [0.3, 0.4) is 0 Å². The van der Waals surface area contributed by atoms with Gasteiger partial charge in [0.05, 0.1) is 14.2 Å². The monoisotopic (exact) mass is 319 g/mol. The fourth-order valence-corrected chi connectivity index (χ4v) is 2.86. The first kappa shape index (κ1) is 17.3. The number of rotatable bonds is 6. The highest BCUT2D eigenvalue weighted by molar-refractivity contribution is 5.73. The Kier molecular flexibility index (Phi) is 5.98. The zero-order valence-electron chi connectivity index (χ0n) is 14.3. The molecule has 0 aromatic carbocycles. The molecule has 0 unspecified atom stereocenters. The zero-order valence-corrected chi connectivity index (χ0v) is 14.3. The second-order valence-corrected chi connectivity index (χ2v) is 5.69. The van der Waals surface area contributed by atoms with Gasteiger partial charge in [0.1, 0.15) is 5.69 Å². The summed E-state index contributed by atoms with van der Waals surface area (Å²) < 4.78 is 10.8. The molecule has 1 N–H and O–H groups in total. The summed E-state index contributed by atoms with van der Waals surface area (Å²) in [7, 11) is 3.25. The Morgan fingerprint density at radius 2 is 2.22 bits per heavy atom. The molecule has 2 rings (SSSR count). The Morgan fingerprint density at radius 1 is 1.43 bits per heavy atom. The van der Waals surface area contributed by atoms with Crippen molar-refractivity contribution in [2.75, 3.05) is 27.3 Å². The molecule has 0 radical (unpaired) electrons. The van der Waals surface area contributed by atoms with E-state index in [0.29, 0.717) is 18.0 Å². The van der Waals surface area contributed by atoms with Crippen LogP contribution in [0.25, 0.3) is 0 Å². The summed E-state index contributed by atoms with van der Waals surface area (Å²) in [4.78, 5) is 18.0. The van der Waals surface area contributed by atoms with Crippen molar-refractivity contribution in [3.8, 4) is 11.5 Å². The molecule has 1 aromatic rings. The number of nitrogens with zero attached hydrogens (tertiary/aromatic N) is 2. The molecule has 0 bridgehead atoms. The predicted molar refractivity (Wildman–Crippen MR) is 88.6 cm³/mol. The summed E-state index contributed by atoms with van der Waals surface area (Å²) >= 11 is 0. The Balaban J connectivity index is 2.07. The van der Waals surface area contributed by atoms with Gasteiger partial charge in [-0.05, 0) is 18.9 Å². The number of carbonyl (C=O) groups is 1. The first-order chi connectivity index (χ1) is 11.0. The third kappa shape index (κ3) is 4.45. The van der Waals surface area contributed by atoms with Gasteiger partial charge in [-0.2, -0.15) is 0 Å². The second-order valence-electron chi connectivity index (χ2n) is 5.69. The lowest BCUT2D eigenvalue weighted by atomic mass is 10.0. The van der Waals surface area contributed by atoms with Crippen molar-refractivity contribution < 1.29 is 14.3 Å². The normalized spacial score (nSPS) is 16.4. The van der Waals surface area contributed by atoms with Gasteiger partial charge >= 0.3 is 0 Å². The number of methoxy groups -OCH3 is 2. The van der Waals surface area contributed by atoms with E-state index in [4.69, 9.17) is 9.47 Å². The molecule has 126 valence electrons. The molecule has 1 amide bonds. The lowest BCUT2D eigenvalue weighted by Crippen LogP contribution is -2.39. The van der Waals surface area contributed by atoms with Crippen molar-refractivity contribution in [3.63, 3.8) is 0 Å². The molecule has 1 atom stereocenters. The minimum Gasteiger partial charge on any atom is -0.493 e. The van der Waals surface area contributed by atoms with Crippen molar-refractivity contribution in [2.24, 2.45) is 0 Å². The highest BCUT2D eigenvalue weighted by atomic mass is 16.5. The fraction of sp³-hybridized carbons (Fsp3) is 0.529. The number of hydrogen-bond donors (Lipinski definition) is 1. The number of carbonyl (C=O) groups excluding carboxylic acids is 1. The fourth-order valence-electron chi connectivity index (χ4n) is 2.86. The highest BCUT2D eigenvalue weighted by Gasteiger charge is 2.20. The first-order valence-electron chi connectivity index (χ1n) is 7.79. The van der Waals surface area contributed by atoms with E-state index in [9.17, 15) is 4.79 Å². The molecule has 1 aliphatic heterocycles. The van der Waals surface area contributed by atoms with Crippen molar-refractivity contribution in [1.82, 2.24) is 15.2 Å². The van der Waals surface area contributed by atoms with Gasteiger partial charge in [-0.1, -0.05) is 6.08 Å². The lowest BCUT2D eigenvalue weighted by molar-refractivity contribution is -0.119. The van der Waals surface area contributed by atoms with Crippen LogP contribution in [0.2, 0.25) is 0 Å². The summed E-state index contributed by atoms with van der Waals surface area (Å²) in [6.45, 7) is 6.01. The van der Waals surface area contributed by atoms with Crippen LogP contribution in [-0.2, 0) is 11.3 Å². The Labute approximate surface area is 137 Å². The lowest BCUT2D eigenvalue weighted by Gasteiger charge is -2.30. The third-order valence-electron chi connectivity index (χ3n) is 3.97. The van der Waals surface area contributed by atoms with Crippen LogP contribution >= 0.6 is 0 Å². The van der Waals surface area contributed by atoms with E-state index in [-0.39, 0.29) is 11.9 Å². The highest BCUT2D eigenvalue weighted by Crippen LogP contribution is 2.30. The standard InChI is InChI=1S/C17H25N3O3/c1-12(19-13(2)21)14-6-5-9-20(10-14)11-15-17(23-4)16(22-3)7-8-18-15/h6-8,12H,5,9-11H2,1-4H3,(H,19,21)/t12-/m0/s1. The average Bonchev–Trinajstić information content (AvgIpc) is 2.54. The van der Waals surface area contributed by atoms with Gasteiger partial charge in [-0.3, -0.25) is 14.7 Å². The first-order valence-corrected chi connectivity index (χ1v) is 7.79. The maximum Gasteiger partial charge on any atom is 0.217 e. The van der Waals surface area contributed by atoms with Crippen LogP contribution in [-0.4, -0.2) is 49.1 Å². The number of amides is 1. The summed E-state index contributed by atoms with van der Waals surface area (Å²) in [6, 6.07) is 1.85. The quantitative estimate of drug-likeness (QED) is 0.810. The molecule has 1 aromatic heterocycles. The minimum atomic E-state index is -0.00773. The van der Waals surface area contributed by atoms with Crippen LogP contribution in [0.1, 0.15) is 26.0 Å². The minimum absolute atomic E-state index is 0.00773. The van der Waals surface area contributed by atoms with Crippen LogP contribution in [0.5, 0.6) is 11.5 Å². The van der Waals surface area contributed by atoms with Crippen molar-refractivity contribution in [1.29, 1.82) is 0 Å². The van der Waals surface area contributed by atoms with E-state index in [0.717, 1.165) is 25.2 Å². The van der Waals surface area contributed by atoms with Crippen molar-refractivity contribution in [3.05, 3.63) is 29.6 Å². The summed E-state index contributed by atoms with van der Waals surface area (Å²) in [5.74, 6) is 1.37. The molecular formula is C17H25N3O3. The summed E-state index contributed by atoms with van der Waals surface area (Å²) in [5, 5.41) is 2.94. The number of pyridine rings is 1. The molecule has 2 heterocycles. The Morgan fingerprint density at radius 3 is 2.87 bits per heavy atom. The van der Waals surface area contributed by atoms with E-state index in [1.807, 2.05) is 6.92 Å². The van der Waals surface area contributed by atoms with E-state index in [1.54, 1.807) is 33.4 Å². The molecule has 0 saturated carbocycles. The van der Waals surface area contributed by atoms with Gasteiger partial charge in [0.2, 0.25) is 5.91 Å². The molecule has 6 nitrogen and oxygen atoms in total. The van der Waals surface area contributed by atoms with Gasteiger partial charge in [-0.25, -0.2) is 0 Å². The topological polar surface area (TPSA) is 63.7 Å². The Hall–Kier alpha value is -2.08. The number of nitrogens with one attached hydrogen (secondary N) is 1. The van der Waals surface area contributed by atoms with E-state index < -0.39 is 0 Å². The smallest absolute Gasteiger partial charge is 0.217 e. The van der Waals surface area contributed by atoms with Gasteiger partial charge in [0, 0.05) is 44.9 Å². The van der Waals surface area contributed by atoms with Gasteiger partial charge in [-0.15, -0.1) is 0 Å². The van der Waals surface area contributed by atoms with Crippen LogP contribution in [0.4, 0.5) is 0 Å². The van der Waals surface area contributed by atoms with Crippen molar-refractivity contribution in [2.45, 2.75) is 32.9 Å². The summed E-state index contributed by atoms with van der Waals surface area (Å²) in [6.07, 6.45) is 4.91. The SMILES string of the molecule is COc1ccnc(CN2CCC=C([C@H](C)NC(C)=O)C2)c1OC. The molecule has 0 fully saturated rings. The van der Waals surface area contributed by atoms with Gasteiger partial charge in [0.15, 0.2) is 11.5 Å². The van der Waals surface area contributed by atoms with Crippen LogP contribution in [0, 0.1) is 0 Å². The average molecular weight is 319 g/mol. The molecular weight excluding hydrogens is 294 g/mol. The van der Waals surface area contributed by atoms with Crippen molar-refractivity contribution >= 4 is 5.91 Å². The molecule has 0 spiro atoms. The van der Waals surface area contributed by atoms with Gasteiger partial charge < -0.3 is 14.8 Å². The largest absolute Gasteiger partial charge is 0.493 e. The van der Waals surface area contributed by atoms with Gasteiger partial charge in [0.25, 0.3) is 0 Å². The molecule has 0 saturated heterocycles. The molecule has 0 aliphatic carbocycles. The second kappa shape index (κ2) is 7.97. The maximum atomic E-state index is 11.2. The Bertz CT molecular complexity index is 586. The molecule has 23 heavy (non-hydrogen) atoms. The summed E-state index contributed by atoms with van der Waals surface area (Å²) in [5.41, 5.74) is 2.09. The van der Waals surface area contributed by atoms with E-state index in [2.05, 4.69) is 21.3 Å². The van der Waals surface area contributed by atoms with E-state index >= 15 is 0 Å². The number of hydrogen-bond acceptors (Lipinski definition) is 5. The predicted octanol–water partition coefficient (Wildman–Crippen LogP) is 1.76. The third-order valence-corrected chi connectivity index (χ3v) is 3.97. The maximum absolute atomic E-state index is 11.2. The molecule has 6 heteroatoms. The van der Waals surface area contributed by atoms with E-state index in [1.165, 1.54) is 5.57 Å².